The highest BCUT2D eigenvalue weighted by Crippen LogP contribution is 2.39. The molecular formula is C16H15Br2ClO. The SMILES string of the molecule is CCOc1ccc(Br)cc1C(Br)c1ccc(C)c(Cl)c1. The Morgan fingerprint density at radius 1 is 1.20 bits per heavy atom. The van der Waals surface area contributed by atoms with Crippen LogP contribution in [0.25, 0.3) is 0 Å². The Bertz CT molecular complexity index is 613. The summed E-state index contributed by atoms with van der Waals surface area (Å²) in [4.78, 5) is 0.0413. The van der Waals surface area contributed by atoms with Gasteiger partial charge in [-0.15, -0.1) is 0 Å². The Balaban J connectivity index is 2.43. The van der Waals surface area contributed by atoms with Gasteiger partial charge in [0.15, 0.2) is 0 Å². The van der Waals surface area contributed by atoms with E-state index in [1.165, 1.54) is 0 Å². The Morgan fingerprint density at radius 3 is 2.60 bits per heavy atom. The van der Waals surface area contributed by atoms with Gasteiger partial charge in [-0.1, -0.05) is 55.6 Å². The molecule has 1 nitrogen and oxygen atoms in total. The minimum Gasteiger partial charge on any atom is -0.494 e. The molecule has 0 fully saturated rings. The van der Waals surface area contributed by atoms with Crippen molar-refractivity contribution in [1.82, 2.24) is 0 Å². The highest BCUT2D eigenvalue weighted by Gasteiger charge is 2.16. The normalized spacial score (nSPS) is 12.2. The third kappa shape index (κ3) is 3.57. The predicted octanol–water partition coefficient (Wildman–Crippen LogP) is 6.29. The van der Waals surface area contributed by atoms with E-state index >= 15 is 0 Å². The molecular weight excluding hydrogens is 403 g/mol. The van der Waals surface area contributed by atoms with Crippen molar-refractivity contribution in [3.05, 3.63) is 62.6 Å². The van der Waals surface area contributed by atoms with Gasteiger partial charge in [0.2, 0.25) is 0 Å². The first-order valence-electron chi connectivity index (χ1n) is 6.35. The summed E-state index contributed by atoms with van der Waals surface area (Å²) in [5.41, 5.74) is 3.27. The molecule has 1 unspecified atom stereocenters. The first-order valence-corrected chi connectivity index (χ1v) is 8.44. The van der Waals surface area contributed by atoms with Crippen LogP contribution in [0.5, 0.6) is 5.75 Å². The van der Waals surface area contributed by atoms with Crippen LogP contribution in [-0.4, -0.2) is 6.61 Å². The molecule has 0 aliphatic heterocycles. The molecule has 2 aromatic rings. The van der Waals surface area contributed by atoms with Crippen LogP contribution in [0.15, 0.2) is 40.9 Å². The Hall–Kier alpha value is -0.510. The summed E-state index contributed by atoms with van der Waals surface area (Å²) >= 11 is 13.5. The zero-order valence-electron chi connectivity index (χ0n) is 11.3. The van der Waals surface area contributed by atoms with Gasteiger partial charge in [0, 0.05) is 15.1 Å². The molecule has 106 valence electrons. The van der Waals surface area contributed by atoms with E-state index in [1.807, 2.05) is 38.1 Å². The number of benzene rings is 2. The van der Waals surface area contributed by atoms with Crippen molar-refractivity contribution in [3.8, 4) is 5.75 Å². The van der Waals surface area contributed by atoms with Crippen LogP contribution in [0.4, 0.5) is 0 Å². The summed E-state index contributed by atoms with van der Waals surface area (Å²) in [6.45, 7) is 4.63. The highest BCUT2D eigenvalue weighted by molar-refractivity contribution is 9.10. The molecule has 20 heavy (non-hydrogen) atoms. The van der Waals surface area contributed by atoms with E-state index in [0.29, 0.717) is 6.61 Å². The summed E-state index contributed by atoms with van der Waals surface area (Å²) in [6, 6.07) is 12.1. The van der Waals surface area contributed by atoms with E-state index in [0.717, 1.165) is 31.9 Å². The predicted molar refractivity (Wildman–Crippen MR) is 92.3 cm³/mol. The van der Waals surface area contributed by atoms with Crippen LogP contribution in [-0.2, 0) is 0 Å². The maximum atomic E-state index is 6.22. The van der Waals surface area contributed by atoms with Crippen molar-refractivity contribution < 1.29 is 4.74 Å². The fourth-order valence-corrected chi connectivity index (χ4v) is 3.16. The molecule has 0 amide bonds. The van der Waals surface area contributed by atoms with Gasteiger partial charge in [-0.05, 0) is 49.2 Å². The first kappa shape index (κ1) is 15.9. The molecule has 0 aromatic heterocycles. The second-order valence-electron chi connectivity index (χ2n) is 4.49. The van der Waals surface area contributed by atoms with Gasteiger partial charge in [0.25, 0.3) is 0 Å². The van der Waals surface area contributed by atoms with Crippen molar-refractivity contribution in [2.45, 2.75) is 18.7 Å². The molecule has 1 atom stereocenters. The molecule has 0 radical (unpaired) electrons. The Morgan fingerprint density at radius 2 is 1.95 bits per heavy atom. The summed E-state index contributed by atoms with van der Waals surface area (Å²) in [5, 5.41) is 0.778. The highest BCUT2D eigenvalue weighted by atomic mass is 79.9. The second-order valence-corrected chi connectivity index (χ2v) is 6.72. The van der Waals surface area contributed by atoms with Crippen molar-refractivity contribution >= 4 is 43.5 Å². The lowest BCUT2D eigenvalue weighted by atomic mass is 10.0. The molecule has 2 aromatic carbocycles. The lowest BCUT2D eigenvalue weighted by molar-refractivity contribution is 0.337. The Labute approximate surface area is 141 Å². The van der Waals surface area contributed by atoms with E-state index in [2.05, 4.69) is 44.0 Å². The smallest absolute Gasteiger partial charge is 0.124 e. The lowest BCUT2D eigenvalue weighted by Gasteiger charge is -2.17. The molecule has 0 saturated heterocycles. The summed E-state index contributed by atoms with van der Waals surface area (Å²) in [6.07, 6.45) is 0. The topological polar surface area (TPSA) is 9.23 Å². The number of alkyl halides is 1. The number of ether oxygens (including phenoxy) is 1. The van der Waals surface area contributed by atoms with Crippen molar-refractivity contribution in [1.29, 1.82) is 0 Å². The van der Waals surface area contributed by atoms with Gasteiger partial charge in [-0.25, -0.2) is 0 Å². The lowest BCUT2D eigenvalue weighted by Crippen LogP contribution is -2.00. The standard InChI is InChI=1S/C16H15Br2ClO/c1-3-20-15-7-6-12(17)9-13(15)16(18)11-5-4-10(2)14(19)8-11/h4-9,16H,3H2,1-2H3. The van der Waals surface area contributed by atoms with Crippen LogP contribution in [0, 0.1) is 6.92 Å². The summed E-state index contributed by atoms with van der Waals surface area (Å²) < 4.78 is 6.73. The average molecular weight is 419 g/mol. The van der Waals surface area contributed by atoms with Crippen LogP contribution < -0.4 is 4.74 Å². The fraction of sp³-hybridized carbons (Fsp3) is 0.250. The number of hydrogen-bond acceptors (Lipinski definition) is 1. The maximum Gasteiger partial charge on any atom is 0.124 e. The van der Waals surface area contributed by atoms with Gasteiger partial charge in [-0.2, -0.15) is 0 Å². The molecule has 0 heterocycles. The monoisotopic (exact) mass is 416 g/mol. The largest absolute Gasteiger partial charge is 0.494 e. The van der Waals surface area contributed by atoms with E-state index in [9.17, 15) is 0 Å². The third-order valence-corrected chi connectivity index (χ3v) is 4.96. The molecule has 4 heteroatoms. The van der Waals surface area contributed by atoms with E-state index in [4.69, 9.17) is 16.3 Å². The van der Waals surface area contributed by atoms with E-state index in [1.54, 1.807) is 0 Å². The van der Waals surface area contributed by atoms with Crippen LogP contribution in [0.2, 0.25) is 5.02 Å². The summed E-state index contributed by atoms with van der Waals surface area (Å²) in [5.74, 6) is 0.884. The van der Waals surface area contributed by atoms with E-state index < -0.39 is 0 Å². The minimum absolute atomic E-state index is 0.0413. The molecule has 0 spiro atoms. The molecule has 2 rings (SSSR count). The van der Waals surface area contributed by atoms with Crippen molar-refractivity contribution in [2.24, 2.45) is 0 Å². The Kier molecular flexibility index (Phi) is 5.53. The van der Waals surface area contributed by atoms with Gasteiger partial charge in [0.1, 0.15) is 5.75 Å². The van der Waals surface area contributed by atoms with Crippen LogP contribution in [0.3, 0.4) is 0 Å². The number of hydrogen-bond donors (Lipinski definition) is 0. The first-order chi connectivity index (χ1) is 9.52. The van der Waals surface area contributed by atoms with E-state index in [-0.39, 0.29) is 4.83 Å². The fourth-order valence-electron chi connectivity index (χ4n) is 1.95. The molecule has 0 N–H and O–H groups in total. The van der Waals surface area contributed by atoms with Gasteiger partial charge in [-0.3, -0.25) is 0 Å². The molecule has 0 aliphatic rings. The number of halogens is 3. The number of rotatable bonds is 4. The van der Waals surface area contributed by atoms with Crippen LogP contribution in [0.1, 0.15) is 28.4 Å². The second kappa shape index (κ2) is 6.97. The van der Waals surface area contributed by atoms with Crippen molar-refractivity contribution in [2.75, 3.05) is 6.61 Å². The third-order valence-electron chi connectivity index (χ3n) is 3.03. The zero-order valence-corrected chi connectivity index (χ0v) is 15.2. The van der Waals surface area contributed by atoms with Gasteiger partial charge < -0.3 is 4.74 Å². The number of aryl methyl sites for hydroxylation is 1. The summed E-state index contributed by atoms with van der Waals surface area (Å²) in [7, 11) is 0. The quantitative estimate of drug-likeness (QED) is 0.530. The zero-order chi connectivity index (χ0) is 14.7. The molecule has 0 aliphatic carbocycles. The maximum absolute atomic E-state index is 6.22. The van der Waals surface area contributed by atoms with Gasteiger partial charge >= 0.3 is 0 Å². The average Bonchev–Trinajstić information content (AvgIpc) is 2.43. The van der Waals surface area contributed by atoms with Crippen LogP contribution >= 0.6 is 43.5 Å². The minimum atomic E-state index is 0.0413. The van der Waals surface area contributed by atoms with Gasteiger partial charge in [0.05, 0.1) is 11.4 Å². The molecule has 0 saturated carbocycles. The van der Waals surface area contributed by atoms with Crippen molar-refractivity contribution in [3.63, 3.8) is 0 Å². The molecule has 0 bridgehead atoms.